The van der Waals surface area contributed by atoms with Gasteiger partial charge < -0.3 is 9.84 Å². The summed E-state index contributed by atoms with van der Waals surface area (Å²) >= 11 is 0. The number of aliphatic carboxylic acids is 1. The first-order valence-electron chi connectivity index (χ1n) is 9.73. The number of carbonyl (C=O) groups is 2. The number of hydrogen-bond acceptors (Lipinski definition) is 4. The lowest BCUT2D eigenvalue weighted by atomic mass is 10.0. The van der Waals surface area contributed by atoms with Crippen LogP contribution in [0.3, 0.4) is 0 Å². The Balaban J connectivity index is 3.61. The highest BCUT2D eigenvalue weighted by molar-refractivity contribution is 5.76. The highest BCUT2D eigenvalue weighted by atomic mass is 16.5. The third-order valence-electron chi connectivity index (χ3n) is 4.10. The van der Waals surface area contributed by atoms with Crippen LogP contribution >= 0.6 is 0 Å². The van der Waals surface area contributed by atoms with Crippen molar-refractivity contribution in [1.82, 2.24) is 5.32 Å². The number of esters is 1. The normalized spacial score (nSPS) is 12.1. The van der Waals surface area contributed by atoms with Gasteiger partial charge in [-0.3, -0.25) is 14.9 Å². The van der Waals surface area contributed by atoms with E-state index in [2.05, 4.69) is 12.2 Å². The number of carboxylic acids is 1. The van der Waals surface area contributed by atoms with Crippen molar-refractivity contribution in [3.63, 3.8) is 0 Å². The molecule has 0 radical (unpaired) electrons. The standard InChI is InChI=1S/C19H37NO4/c1-3-5-6-7-8-9-10-11-12-13-14-17(19(22)23)20-16-18(21)24-15-4-2/h17,20H,3-16H2,1-2H3,(H,22,23). The van der Waals surface area contributed by atoms with Gasteiger partial charge in [0.25, 0.3) is 0 Å². The Kier molecular flexibility index (Phi) is 16.0. The first-order valence-corrected chi connectivity index (χ1v) is 9.73. The maximum atomic E-state index is 11.4. The highest BCUT2D eigenvalue weighted by Gasteiger charge is 2.17. The molecule has 0 aromatic carbocycles. The van der Waals surface area contributed by atoms with Crippen molar-refractivity contribution >= 4 is 11.9 Å². The van der Waals surface area contributed by atoms with Gasteiger partial charge in [0, 0.05) is 0 Å². The van der Waals surface area contributed by atoms with Crippen LogP contribution < -0.4 is 5.32 Å². The van der Waals surface area contributed by atoms with Gasteiger partial charge in [0.05, 0.1) is 13.2 Å². The molecule has 5 heteroatoms. The molecule has 0 saturated heterocycles. The van der Waals surface area contributed by atoms with Crippen molar-refractivity contribution in [2.75, 3.05) is 13.2 Å². The molecule has 5 nitrogen and oxygen atoms in total. The second kappa shape index (κ2) is 16.7. The number of nitrogens with one attached hydrogen (secondary N) is 1. The minimum Gasteiger partial charge on any atom is -0.480 e. The molecular weight excluding hydrogens is 306 g/mol. The lowest BCUT2D eigenvalue weighted by molar-refractivity contribution is -0.143. The van der Waals surface area contributed by atoms with E-state index in [1.807, 2.05) is 6.92 Å². The third kappa shape index (κ3) is 14.5. The number of unbranched alkanes of at least 4 members (excludes halogenated alkanes) is 9. The lowest BCUT2D eigenvalue weighted by Gasteiger charge is -2.14. The van der Waals surface area contributed by atoms with Gasteiger partial charge in [0.15, 0.2) is 0 Å². The maximum absolute atomic E-state index is 11.4. The first kappa shape index (κ1) is 22.9. The zero-order valence-corrected chi connectivity index (χ0v) is 15.6. The topological polar surface area (TPSA) is 75.6 Å². The largest absolute Gasteiger partial charge is 0.480 e. The molecule has 0 bridgehead atoms. The number of rotatable bonds is 17. The van der Waals surface area contributed by atoms with E-state index in [1.54, 1.807) is 0 Å². The van der Waals surface area contributed by atoms with Gasteiger partial charge in [-0.25, -0.2) is 0 Å². The molecular formula is C19H37NO4. The molecule has 0 spiro atoms. The molecule has 1 unspecified atom stereocenters. The molecule has 0 heterocycles. The summed E-state index contributed by atoms with van der Waals surface area (Å²) in [5.74, 6) is -1.28. The van der Waals surface area contributed by atoms with Crippen molar-refractivity contribution in [3.8, 4) is 0 Å². The second-order valence-electron chi connectivity index (χ2n) is 6.46. The van der Waals surface area contributed by atoms with E-state index >= 15 is 0 Å². The zero-order chi connectivity index (χ0) is 18.0. The average Bonchev–Trinajstić information content (AvgIpc) is 2.56. The first-order chi connectivity index (χ1) is 11.6. The summed E-state index contributed by atoms with van der Waals surface area (Å²) in [6, 6.07) is -0.659. The minimum absolute atomic E-state index is 0.0330. The Morgan fingerprint density at radius 1 is 0.875 bits per heavy atom. The summed E-state index contributed by atoms with van der Waals surface area (Å²) in [6.45, 7) is 4.50. The molecule has 0 amide bonds. The molecule has 0 fully saturated rings. The second-order valence-corrected chi connectivity index (χ2v) is 6.46. The summed E-state index contributed by atoms with van der Waals surface area (Å²) in [7, 11) is 0. The molecule has 2 N–H and O–H groups in total. The number of carbonyl (C=O) groups excluding carboxylic acids is 1. The van der Waals surface area contributed by atoms with E-state index in [0.29, 0.717) is 13.0 Å². The Morgan fingerprint density at radius 3 is 1.92 bits per heavy atom. The molecule has 24 heavy (non-hydrogen) atoms. The van der Waals surface area contributed by atoms with E-state index in [1.165, 1.54) is 51.4 Å². The van der Waals surface area contributed by atoms with Gasteiger partial charge in [0.1, 0.15) is 6.04 Å². The Morgan fingerprint density at radius 2 is 1.42 bits per heavy atom. The minimum atomic E-state index is -0.894. The van der Waals surface area contributed by atoms with Crippen molar-refractivity contribution < 1.29 is 19.4 Å². The van der Waals surface area contributed by atoms with Crippen LogP contribution in [-0.2, 0) is 14.3 Å². The van der Waals surface area contributed by atoms with E-state index in [-0.39, 0.29) is 12.5 Å². The van der Waals surface area contributed by atoms with E-state index in [4.69, 9.17) is 4.74 Å². The summed E-state index contributed by atoms with van der Waals surface area (Å²) in [4.78, 5) is 22.6. The quantitative estimate of drug-likeness (QED) is 0.304. The van der Waals surface area contributed by atoms with Crippen LogP contribution in [0.25, 0.3) is 0 Å². The van der Waals surface area contributed by atoms with E-state index in [0.717, 1.165) is 19.3 Å². The zero-order valence-electron chi connectivity index (χ0n) is 15.6. The van der Waals surface area contributed by atoms with Gasteiger partial charge in [0.2, 0.25) is 0 Å². The lowest BCUT2D eigenvalue weighted by Crippen LogP contribution is -2.40. The molecule has 0 aliphatic heterocycles. The SMILES string of the molecule is CCCCCCCCCCCCC(NCC(=O)OCCC)C(=O)O. The van der Waals surface area contributed by atoms with E-state index in [9.17, 15) is 14.7 Å². The van der Waals surface area contributed by atoms with Crippen molar-refractivity contribution in [1.29, 1.82) is 0 Å². The average molecular weight is 344 g/mol. The summed E-state index contributed by atoms with van der Waals surface area (Å²) in [6.07, 6.45) is 13.6. The van der Waals surface area contributed by atoms with Crippen LogP contribution in [0.5, 0.6) is 0 Å². The molecule has 0 aromatic rings. The highest BCUT2D eigenvalue weighted by Crippen LogP contribution is 2.12. The summed E-state index contributed by atoms with van der Waals surface area (Å²) in [5.41, 5.74) is 0. The van der Waals surface area contributed by atoms with Crippen molar-refractivity contribution in [2.24, 2.45) is 0 Å². The van der Waals surface area contributed by atoms with Crippen LogP contribution in [0.2, 0.25) is 0 Å². The molecule has 0 aromatic heterocycles. The fourth-order valence-corrected chi connectivity index (χ4v) is 2.62. The summed E-state index contributed by atoms with van der Waals surface area (Å²) in [5, 5.41) is 12.0. The number of hydrogen-bond donors (Lipinski definition) is 2. The van der Waals surface area contributed by atoms with Gasteiger partial charge in [-0.2, -0.15) is 0 Å². The Hall–Kier alpha value is -1.10. The number of ether oxygens (including phenoxy) is 1. The summed E-state index contributed by atoms with van der Waals surface area (Å²) < 4.78 is 4.93. The van der Waals surface area contributed by atoms with Crippen LogP contribution in [0.1, 0.15) is 90.9 Å². The van der Waals surface area contributed by atoms with Crippen LogP contribution in [0, 0.1) is 0 Å². The predicted octanol–water partition coefficient (Wildman–Crippen LogP) is 4.29. The Bertz CT molecular complexity index is 320. The molecule has 0 saturated carbocycles. The van der Waals surface area contributed by atoms with Crippen LogP contribution in [0.15, 0.2) is 0 Å². The molecule has 1 atom stereocenters. The maximum Gasteiger partial charge on any atom is 0.320 e. The smallest absolute Gasteiger partial charge is 0.320 e. The van der Waals surface area contributed by atoms with Crippen molar-refractivity contribution in [2.45, 2.75) is 96.9 Å². The molecule has 0 aliphatic carbocycles. The number of carboxylic acid groups (broad SMARTS) is 1. The van der Waals surface area contributed by atoms with Gasteiger partial charge in [-0.05, 0) is 12.8 Å². The predicted molar refractivity (Wildman–Crippen MR) is 97.1 cm³/mol. The molecule has 0 rings (SSSR count). The third-order valence-corrected chi connectivity index (χ3v) is 4.10. The fourth-order valence-electron chi connectivity index (χ4n) is 2.62. The molecule has 0 aliphatic rings. The van der Waals surface area contributed by atoms with Gasteiger partial charge >= 0.3 is 11.9 Å². The Labute approximate surface area is 147 Å². The fraction of sp³-hybridized carbons (Fsp3) is 0.895. The van der Waals surface area contributed by atoms with Gasteiger partial charge in [-0.1, -0.05) is 78.1 Å². The van der Waals surface area contributed by atoms with E-state index < -0.39 is 12.0 Å². The van der Waals surface area contributed by atoms with Crippen molar-refractivity contribution in [3.05, 3.63) is 0 Å². The van der Waals surface area contributed by atoms with Crippen LogP contribution in [-0.4, -0.2) is 36.2 Å². The molecule has 142 valence electrons. The monoisotopic (exact) mass is 343 g/mol. The van der Waals surface area contributed by atoms with Crippen LogP contribution in [0.4, 0.5) is 0 Å². The van der Waals surface area contributed by atoms with Gasteiger partial charge in [-0.15, -0.1) is 0 Å².